The van der Waals surface area contributed by atoms with Gasteiger partial charge in [0.1, 0.15) is 11.5 Å². The summed E-state index contributed by atoms with van der Waals surface area (Å²) in [4.78, 5) is 2.02. The standard InChI is InChI=1S/C27H26BrN2O3P/c1-30(2)24-19-13-21(14-20-24)27(29-23-17-15-22(28)16-18-23)34(31,32-25-9-5-3-6-10-25)33-26-11-7-4-8-12-26/h3-20,27,29H,1-2H3/t27-/m0/s1. The fraction of sp³-hybridized carbons (Fsp3) is 0.111. The van der Waals surface area contributed by atoms with Gasteiger partial charge in [-0.2, -0.15) is 0 Å². The van der Waals surface area contributed by atoms with Crippen molar-refractivity contribution in [3.05, 3.63) is 119 Å². The molecule has 1 atom stereocenters. The van der Waals surface area contributed by atoms with Gasteiger partial charge in [0.2, 0.25) is 0 Å². The molecule has 34 heavy (non-hydrogen) atoms. The fourth-order valence-electron chi connectivity index (χ4n) is 3.38. The molecule has 174 valence electrons. The summed E-state index contributed by atoms with van der Waals surface area (Å²) in [6.07, 6.45) is 0. The number of anilines is 2. The topological polar surface area (TPSA) is 50.8 Å². The highest BCUT2D eigenvalue weighted by atomic mass is 79.9. The van der Waals surface area contributed by atoms with Gasteiger partial charge in [-0.05, 0) is 66.2 Å². The number of rotatable bonds is 9. The third kappa shape index (κ3) is 6.02. The van der Waals surface area contributed by atoms with E-state index in [-0.39, 0.29) is 0 Å². The van der Waals surface area contributed by atoms with E-state index in [1.54, 1.807) is 24.3 Å². The van der Waals surface area contributed by atoms with Crippen LogP contribution in [-0.2, 0) is 4.57 Å². The zero-order chi connectivity index (χ0) is 24.0. The van der Waals surface area contributed by atoms with Crippen LogP contribution in [-0.4, -0.2) is 14.1 Å². The first-order chi connectivity index (χ1) is 16.4. The second-order valence-electron chi connectivity index (χ2n) is 7.89. The second-order valence-corrected chi connectivity index (χ2v) is 10.8. The van der Waals surface area contributed by atoms with Crippen molar-refractivity contribution in [1.82, 2.24) is 0 Å². The minimum Gasteiger partial charge on any atom is -0.414 e. The summed E-state index contributed by atoms with van der Waals surface area (Å²) in [7, 11) is 0.114. The molecule has 0 fully saturated rings. The number of halogens is 1. The van der Waals surface area contributed by atoms with Crippen molar-refractivity contribution in [3.8, 4) is 11.5 Å². The number of para-hydroxylation sites is 2. The predicted octanol–water partition coefficient (Wildman–Crippen LogP) is 7.98. The molecule has 0 spiro atoms. The molecule has 4 aromatic rings. The first-order valence-corrected chi connectivity index (χ1v) is 13.2. The van der Waals surface area contributed by atoms with Gasteiger partial charge >= 0.3 is 7.60 Å². The summed E-state index contributed by atoms with van der Waals surface area (Å²) in [5, 5.41) is 3.40. The van der Waals surface area contributed by atoms with Gasteiger partial charge < -0.3 is 19.3 Å². The summed E-state index contributed by atoms with van der Waals surface area (Å²) in [5.74, 6) is 0.161. The van der Waals surface area contributed by atoms with Gasteiger partial charge in [0.25, 0.3) is 0 Å². The van der Waals surface area contributed by atoms with Crippen LogP contribution in [0.1, 0.15) is 11.3 Å². The van der Waals surface area contributed by atoms with Crippen molar-refractivity contribution in [2.75, 3.05) is 24.3 Å². The van der Waals surface area contributed by atoms with Gasteiger partial charge in [-0.25, -0.2) is 4.57 Å². The lowest BCUT2D eigenvalue weighted by atomic mass is 10.2. The highest BCUT2D eigenvalue weighted by molar-refractivity contribution is 9.10. The molecule has 4 rings (SSSR count). The highest BCUT2D eigenvalue weighted by Gasteiger charge is 2.41. The Balaban J connectivity index is 1.79. The summed E-state index contributed by atoms with van der Waals surface area (Å²) in [6, 6.07) is 33.8. The van der Waals surface area contributed by atoms with E-state index in [9.17, 15) is 4.57 Å². The van der Waals surface area contributed by atoms with Crippen molar-refractivity contribution < 1.29 is 13.6 Å². The van der Waals surface area contributed by atoms with Crippen LogP contribution in [0.4, 0.5) is 11.4 Å². The molecule has 5 nitrogen and oxygen atoms in total. The molecule has 4 aromatic carbocycles. The molecule has 0 saturated heterocycles. The quantitative estimate of drug-likeness (QED) is 0.220. The van der Waals surface area contributed by atoms with Crippen LogP contribution in [0, 0.1) is 0 Å². The molecule has 0 radical (unpaired) electrons. The van der Waals surface area contributed by atoms with E-state index in [2.05, 4.69) is 21.2 Å². The van der Waals surface area contributed by atoms with Gasteiger partial charge in [-0.1, -0.05) is 64.5 Å². The normalized spacial score (nSPS) is 12.0. The Bertz CT molecular complexity index is 1190. The molecular formula is C27H26BrN2O3P. The smallest absolute Gasteiger partial charge is 0.414 e. The summed E-state index contributed by atoms with van der Waals surface area (Å²) < 4.78 is 27.9. The minimum atomic E-state index is -3.85. The molecule has 1 N–H and O–H groups in total. The largest absolute Gasteiger partial charge is 0.457 e. The third-order valence-electron chi connectivity index (χ3n) is 5.14. The van der Waals surface area contributed by atoms with Crippen LogP contribution in [0.3, 0.4) is 0 Å². The molecule has 0 aromatic heterocycles. The van der Waals surface area contributed by atoms with E-state index >= 15 is 0 Å². The molecule has 0 aliphatic carbocycles. The van der Waals surface area contributed by atoms with Crippen molar-refractivity contribution in [1.29, 1.82) is 0 Å². The lowest BCUT2D eigenvalue weighted by molar-refractivity contribution is 0.376. The van der Waals surface area contributed by atoms with Gasteiger partial charge in [-0.15, -0.1) is 0 Å². The van der Waals surface area contributed by atoms with Crippen molar-refractivity contribution >= 4 is 34.9 Å². The van der Waals surface area contributed by atoms with Crippen LogP contribution in [0.25, 0.3) is 0 Å². The van der Waals surface area contributed by atoms with E-state index in [0.29, 0.717) is 11.5 Å². The number of hydrogen-bond acceptors (Lipinski definition) is 5. The Morgan fingerprint density at radius 3 is 1.71 bits per heavy atom. The molecule has 0 unspecified atom stereocenters. The average molecular weight is 537 g/mol. The Hall–Kier alpha value is -3.21. The summed E-state index contributed by atoms with van der Waals surface area (Å²) in [5.41, 5.74) is 2.61. The average Bonchev–Trinajstić information content (AvgIpc) is 2.85. The maximum Gasteiger partial charge on any atom is 0.457 e. The monoisotopic (exact) mass is 536 g/mol. The number of hydrogen-bond donors (Lipinski definition) is 1. The number of benzene rings is 4. The summed E-state index contributed by atoms with van der Waals surface area (Å²) >= 11 is 3.47. The maximum atomic E-state index is 14.6. The van der Waals surface area contributed by atoms with Crippen molar-refractivity contribution in [2.24, 2.45) is 0 Å². The predicted molar refractivity (Wildman–Crippen MR) is 143 cm³/mol. The molecule has 0 saturated carbocycles. The molecule has 7 heteroatoms. The van der Waals surface area contributed by atoms with Crippen LogP contribution in [0.5, 0.6) is 11.5 Å². The highest BCUT2D eigenvalue weighted by Crippen LogP contribution is 2.60. The first kappa shape index (κ1) is 23.9. The van der Waals surface area contributed by atoms with E-state index in [1.807, 2.05) is 104 Å². The summed E-state index contributed by atoms with van der Waals surface area (Å²) in [6.45, 7) is 0. The SMILES string of the molecule is CN(C)c1ccc([C@@H](Nc2ccc(Br)cc2)P(=O)(Oc2ccccc2)Oc2ccccc2)cc1. The lowest BCUT2D eigenvalue weighted by Gasteiger charge is -2.29. The van der Waals surface area contributed by atoms with Crippen LogP contribution < -0.4 is 19.3 Å². The van der Waals surface area contributed by atoms with E-state index in [1.165, 1.54) is 0 Å². The zero-order valence-electron chi connectivity index (χ0n) is 19.0. The molecule has 0 amide bonds. The number of nitrogens with one attached hydrogen (secondary N) is 1. The van der Waals surface area contributed by atoms with Gasteiger partial charge in [-0.3, -0.25) is 0 Å². The van der Waals surface area contributed by atoms with Gasteiger partial charge in [0.05, 0.1) is 0 Å². The first-order valence-electron chi connectivity index (χ1n) is 10.8. The lowest BCUT2D eigenvalue weighted by Crippen LogP contribution is -2.18. The molecule has 0 aliphatic heterocycles. The zero-order valence-corrected chi connectivity index (χ0v) is 21.4. The second kappa shape index (κ2) is 10.8. The molecule has 0 heterocycles. The van der Waals surface area contributed by atoms with E-state index in [0.717, 1.165) is 21.4 Å². The third-order valence-corrected chi connectivity index (χ3v) is 7.66. The van der Waals surface area contributed by atoms with Crippen LogP contribution in [0.2, 0.25) is 0 Å². The molecule has 0 aliphatic rings. The van der Waals surface area contributed by atoms with E-state index in [4.69, 9.17) is 9.05 Å². The maximum absolute atomic E-state index is 14.6. The Morgan fingerprint density at radius 2 is 1.24 bits per heavy atom. The fourth-order valence-corrected chi connectivity index (χ4v) is 5.57. The van der Waals surface area contributed by atoms with Crippen molar-refractivity contribution in [3.63, 3.8) is 0 Å². The van der Waals surface area contributed by atoms with Gasteiger partial charge in [0, 0.05) is 29.9 Å². The van der Waals surface area contributed by atoms with Crippen molar-refractivity contribution in [2.45, 2.75) is 5.78 Å². The van der Waals surface area contributed by atoms with Crippen LogP contribution in [0.15, 0.2) is 114 Å². The Kier molecular flexibility index (Phi) is 7.61. The Morgan fingerprint density at radius 1 is 0.735 bits per heavy atom. The molecule has 0 bridgehead atoms. The van der Waals surface area contributed by atoms with Gasteiger partial charge in [0.15, 0.2) is 5.78 Å². The minimum absolute atomic E-state index is 0.467. The number of nitrogens with zero attached hydrogens (tertiary/aromatic N) is 1. The molecular weight excluding hydrogens is 511 g/mol. The van der Waals surface area contributed by atoms with Crippen LogP contribution >= 0.6 is 23.5 Å². The van der Waals surface area contributed by atoms with E-state index < -0.39 is 13.4 Å². The Labute approximate surface area is 209 Å².